The Labute approximate surface area is 145 Å². The van der Waals surface area contributed by atoms with Gasteiger partial charge in [-0.25, -0.2) is 4.31 Å². The van der Waals surface area contributed by atoms with E-state index in [0.717, 1.165) is 26.2 Å². The molecule has 3 N–H and O–H groups in total. The first kappa shape index (κ1) is 20.0. The summed E-state index contributed by atoms with van der Waals surface area (Å²) >= 11 is 5.62. The van der Waals surface area contributed by atoms with E-state index in [1.807, 2.05) is 18.2 Å². The number of piperazine rings is 1. The van der Waals surface area contributed by atoms with Crippen molar-refractivity contribution in [1.82, 2.24) is 9.21 Å². The van der Waals surface area contributed by atoms with Crippen molar-refractivity contribution in [3.8, 4) is 0 Å². The average Bonchev–Trinajstić information content (AvgIpc) is 2.48. The van der Waals surface area contributed by atoms with Gasteiger partial charge in [-0.2, -0.15) is 0 Å². The van der Waals surface area contributed by atoms with Crippen molar-refractivity contribution in [2.75, 3.05) is 39.0 Å². The van der Waals surface area contributed by atoms with Gasteiger partial charge in [0.25, 0.3) is 0 Å². The molecule has 1 atom stereocenters. The monoisotopic (exact) mass is 358 g/mol. The first-order chi connectivity index (χ1) is 10.7. The zero-order chi connectivity index (χ0) is 17.6. The number of nitrogens with zero attached hydrogens (tertiary/aromatic N) is 2. The number of rotatable bonds is 3. The van der Waals surface area contributed by atoms with Gasteiger partial charge in [-0.3, -0.25) is 4.21 Å². The highest BCUT2D eigenvalue weighted by atomic mass is 35.5. The van der Waals surface area contributed by atoms with E-state index in [4.69, 9.17) is 22.7 Å². The number of likely N-dealkylation sites (N-methyl/N-ethyl adjacent to an activating group) is 1. The van der Waals surface area contributed by atoms with Crippen molar-refractivity contribution >= 4 is 39.1 Å². The van der Waals surface area contributed by atoms with Gasteiger partial charge in [-0.15, -0.1) is 0 Å². The summed E-state index contributed by atoms with van der Waals surface area (Å²) in [5.41, 5.74) is 6.74. The molecule has 1 aromatic rings. The van der Waals surface area contributed by atoms with Gasteiger partial charge < -0.3 is 16.0 Å². The third-order valence-electron chi connectivity index (χ3n) is 3.84. The van der Waals surface area contributed by atoms with Crippen molar-refractivity contribution in [3.63, 3.8) is 0 Å². The molecule has 0 amide bonds. The Morgan fingerprint density at radius 2 is 1.91 bits per heavy atom. The second kappa shape index (κ2) is 8.68. The normalized spacial score (nSPS) is 18.8. The maximum atomic E-state index is 12.1. The first-order valence-electron chi connectivity index (χ1n) is 7.53. The highest BCUT2D eigenvalue weighted by Gasteiger charge is 2.23. The van der Waals surface area contributed by atoms with Gasteiger partial charge in [-0.1, -0.05) is 25.4 Å². The van der Waals surface area contributed by atoms with Crippen LogP contribution in [0.4, 0.5) is 5.69 Å². The number of nitrogen functional groups attached to an aromatic ring is 1. The molecule has 1 aliphatic rings. The smallest absolute Gasteiger partial charge is 0.0426 e. The molecule has 1 saturated heterocycles. The van der Waals surface area contributed by atoms with Crippen molar-refractivity contribution in [2.45, 2.75) is 19.1 Å². The largest absolute Gasteiger partial charge is 0.398 e. The van der Waals surface area contributed by atoms with Gasteiger partial charge >= 0.3 is 0 Å². The summed E-state index contributed by atoms with van der Waals surface area (Å²) < 4.78 is 14.2. The molecular weight excluding hydrogens is 332 g/mol. The lowest BCUT2D eigenvalue weighted by Crippen LogP contribution is -2.48. The number of halogens is 1. The molecule has 1 heterocycles. The molecule has 7 heteroatoms. The fourth-order valence-corrected chi connectivity index (χ4v) is 3.63. The zero-order valence-electron chi connectivity index (χ0n) is 14.1. The van der Waals surface area contributed by atoms with Gasteiger partial charge in [0.05, 0.1) is 0 Å². The number of nitrogens with two attached hydrogens (primary N) is 1. The third-order valence-corrected chi connectivity index (χ3v) is 6.79. The predicted molar refractivity (Wildman–Crippen MR) is 103 cm³/mol. The van der Waals surface area contributed by atoms with Crippen LogP contribution in [0.1, 0.15) is 19.4 Å². The van der Waals surface area contributed by atoms with E-state index in [2.05, 4.69) is 17.8 Å². The minimum atomic E-state index is -2.02. The van der Waals surface area contributed by atoms with Crippen LogP contribution in [0.25, 0.3) is 0 Å². The molecule has 0 aliphatic carbocycles. The van der Waals surface area contributed by atoms with E-state index in [-0.39, 0.29) is 5.25 Å². The number of hydrogen-bond acceptors (Lipinski definition) is 4. The van der Waals surface area contributed by atoms with Gasteiger partial charge in [0.2, 0.25) is 0 Å². The molecule has 0 aromatic heterocycles. The van der Waals surface area contributed by atoms with Crippen molar-refractivity contribution in [1.29, 1.82) is 5.41 Å². The van der Waals surface area contributed by atoms with E-state index < -0.39 is 9.71 Å². The molecule has 130 valence electrons. The lowest BCUT2D eigenvalue weighted by atomic mass is 10.2. The molecule has 1 aliphatic heterocycles. The maximum Gasteiger partial charge on any atom is 0.0426 e. The quantitative estimate of drug-likeness (QED) is 0.494. The van der Waals surface area contributed by atoms with Crippen LogP contribution in [-0.2, 0) is 9.71 Å². The van der Waals surface area contributed by atoms with Gasteiger partial charge in [0.1, 0.15) is 0 Å². The first-order valence-corrected chi connectivity index (χ1v) is 9.66. The van der Waals surface area contributed by atoms with E-state index in [9.17, 15) is 4.21 Å². The minimum Gasteiger partial charge on any atom is -0.398 e. The molecule has 2 rings (SSSR count). The molecule has 1 fully saturated rings. The Bertz CT molecular complexity index is 623. The Balaban J connectivity index is 0.000000238. The molecule has 0 saturated carbocycles. The average molecular weight is 359 g/mol. The number of anilines is 1. The van der Waals surface area contributed by atoms with E-state index in [1.165, 1.54) is 6.21 Å². The molecule has 0 radical (unpaired) electrons. The van der Waals surface area contributed by atoms with E-state index in [0.29, 0.717) is 16.3 Å². The van der Waals surface area contributed by atoms with Crippen LogP contribution >= 0.6 is 11.6 Å². The summed E-state index contributed by atoms with van der Waals surface area (Å²) in [6.07, 6.45) is 1.20. The van der Waals surface area contributed by atoms with Gasteiger partial charge in [-0.05, 0) is 31.1 Å². The number of benzene rings is 1. The summed E-state index contributed by atoms with van der Waals surface area (Å²) in [4.78, 5) is 2.26. The molecule has 1 aromatic carbocycles. The Kier molecular flexibility index (Phi) is 7.54. The third kappa shape index (κ3) is 5.80. The summed E-state index contributed by atoms with van der Waals surface area (Å²) in [5, 5.41) is 7.66. The predicted octanol–water partition coefficient (Wildman–Crippen LogP) is 2.19. The second-order valence-electron chi connectivity index (χ2n) is 5.89. The maximum absolute atomic E-state index is 12.1. The van der Waals surface area contributed by atoms with E-state index in [1.54, 1.807) is 18.2 Å². The lowest BCUT2D eigenvalue weighted by Gasteiger charge is -2.35. The fourth-order valence-electron chi connectivity index (χ4n) is 2.07. The topological polar surface area (TPSA) is 73.4 Å². The summed E-state index contributed by atoms with van der Waals surface area (Å²) in [7, 11) is 0.0781. The molecular formula is C16H27ClN4OS. The number of nitrogens with one attached hydrogen (secondary N) is 1. The lowest BCUT2D eigenvalue weighted by molar-refractivity contribution is 0.227. The van der Waals surface area contributed by atoms with Crippen molar-refractivity contribution < 1.29 is 4.21 Å². The molecule has 23 heavy (non-hydrogen) atoms. The van der Waals surface area contributed by atoms with Gasteiger partial charge in [0.15, 0.2) is 0 Å². The van der Waals surface area contributed by atoms with Crippen LogP contribution in [0.2, 0.25) is 5.02 Å². The molecule has 5 nitrogen and oxygen atoms in total. The Morgan fingerprint density at radius 3 is 2.35 bits per heavy atom. The molecule has 0 bridgehead atoms. The number of hydrogen-bond donors (Lipinski definition) is 2. The van der Waals surface area contributed by atoms with Crippen LogP contribution in [-0.4, -0.2) is 64.0 Å². The summed E-state index contributed by atoms with van der Waals surface area (Å²) in [6.45, 7) is 7.73. The second-order valence-corrected chi connectivity index (χ2v) is 9.16. The fraction of sp³-hybridized carbons (Fsp3) is 0.500. The van der Waals surface area contributed by atoms with E-state index >= 15 is 0 Å². The highest BCUT2D eigenvalue weighted by Crippen LogP contribution is 2.15. The highest BCUT2D eigenvalue weighted by molar-refractivity contribution is 7.98. The minimum absolute atomic E-state index is 0.149. The molecule has 0 spiro atoms. The summed E-state index contributed by atoms with van der Waals surface area (Å²) in [6, 6.07) is 5.05. The van der Waals surface area contributed by atoms with Crippen LogP contribution in [0, 0.1) is 5.41 Å². The zero-order valence-corrected chi connectivity index (χ0v) is 15.7. The van der Waals surface area contributed by atoms with Crippen LogP contribution in [0.5, 0.6) is 0 Å². The van der Waals surface area contributed by atoms with Crippen molar-refractivity contribution in [2.24, 2.45) is 0 Å². The van der Waals surface area contributed by atoms with Gasteiger partial charge in [0, 0.05) is 63.6 Å². The van der Waals surface area contributed by atoms with Crippen molar-refractivity contribution in [3.05, 3.63) is 28.8 Å². The van der Waals surface area contributed by atoms with Crippen LogP contribution < -0.4 is 5.73 Å². The Morgan fingerprint density at radius 1 is 1.35 bits per heavy atom. The van der Waals surface area contributed by atoms with Crippen LogP contribution in [0.3, 0.4) is 0 Å². The summed E-state index contributed by atoms with van der Waals surface area (Å²) in [5.74, 6) is 3.85. The van der Waals surface area contributed by atoms with Crippen LogP contribution in [0.15, 0.2) is 18.2 Å². The SMILES string of the molecule is C=S(=O)(C(C)C)N1CCN(C)CC1.N=Cc1ccc(Cl)cc1N. The Hall–Kier alpha value is -1.08. The standard InChI is InChI=1S/C9H20N2OS.C7H7ClN2/c1-9(2)13(4,12)11-7-5-10(3)6-8-11;8-6-2-1-5(4-9)7(10)3-6/h9H,4-8H2,1-3H3;1-4,9H,10H2. The molecule has 1 unspecified atom stereocenters.